The lowest BCUT2D eigenvalue weighted by Gasteiger charge is -2.69. The minimum absolute atomic E-state index is 0.0471. The zero-order valence-corrected chi connectivity index (χ0v) is 19.8. The minimum Gasteiger partial charge on any atom is -0.481 e. The number of fused-ring (bicyclic) bond motifs is 5. The molecule has 0 bridgehead atoms. The van der Waals surface area contributed by atoms with Gasteiger partial charge in [0, 0.05) is 24.2 Å². The average molecular weight is 449 g/mol. The van der Waals surface area contributed by atoms with Gasteiger partial charge in [-0.1, -0.05) is 33.3 Å². The molecule has 0 radical (unpaired) electrons. The Morgan fingerprint density at radius 1 is 1.25 bits per heavy atom. The Bertz CT molecular complexity index is 793. The van der Waals surface area contributed by atoms with Crippen molar-refractivity contribution in [3.8, 4) is 0 Å². The summed E-state index contributed by atoms with van der Waals surface area (Å²) in [5.74, 6) is -1.88. The molecule has 1 heterocycles. The molecular formula is C26H40O6. The van der Waals surface area contributed by atoms with Crippen LogP contribution in [-0.2, 0) is 14.3 Å². The van der Waals surface area contributed by atoms with E-state index in [1.807, 2.05) is 0 Å². The van der Waals surface area contributed by atoms with Crippen LogP contribution in [0.5, 0.6) is 0 Å². The highest BCUT2D eigenvalue weighted by Gasteiger charge is 2.72. The molecule has 6 heteroatoms. The summed E-state index contributed by atoms with van der Waals surface area (Å²) in [6.45, 7) is 10.8. The van der Waals surface area contributed by atoms with E-state index in [1.54, 1.807) is 0 Å². The first-order valence-corrected chi connectivity index (χ1v) is 12.6. The van der Waals surface area contributed by atoms with E-state index in [0.717, 1.165) is 19.3 Å². The number of carboxylic acid groups (broad SMARTS) is 1. The van der Waals surface area contributed by atoms with Crippen molar-refractivity contribution in [2.75, 3.05) is 6.79 Å². The molecule has 4 aliphatic carbocycles. The highest BCUT2D eigenvalue weighted by atomic mass is 16.9. The van der Waals surface area contributed by atoms with Crippen molar-refractivity contribution in [1.29, 1.82) is 0 Å². The summed E-state index contributed by atoms with van der Waals surface area (Å²) >= 11 is 0. The standard InChI is InChI=1S/C26H40O6/c1-5-15-7-8-18-17-11-19(16(6-2)22(28)29)26(30)13-25(31-14-32-25)10-9-24(26,4)21(17)20(27)12-23(15,18)3/h6,15-21,27,30H,2,5,7-14H2,1,3-4H3,(H,28,29)/t15-,16?,17-,18-,19-,20-,21+,23+,24+,26-/m0/s1. The van der Waals surface area contributed by atoms with E-state index in [0.29, 0.717) is 31.1 Å². The highest BCUT2D eigenvalue weighted by Crippen LogP contribution is 2.71. The molecule has 1 aliphatic heterocycles. The van der Waals surface area contributed by atoms with Crippen molar-refractivity contribution < 1.29 is 29.6 Å². The number of hydrogen-bond acceptors (Lipinski definition) is 5. The maximum absolute atomic E-state index is 12.4. The molecule has 1 spiro atoms. The van der Waals surface area contributed by atoms with Gasteiger partial charge in [0.05, 0.1) is 17.6 Å². The summed E-state index contributed by atoms with van der Waals surface area (Å²) < 4.78 is 11.6. The smallest absolute Gasteiger partial charge is 0.310 e. The third-order valence-corrected chi connectivity index (χ3v) is 11.2. The third kappa shape index (κ3) is 2.76. The molecule has 3 N–H and O–H groups in total. The molecule has 5 fully saturated rings. The van der Waals surface area contributed by atoms with E-state index in [4.69, 9.17) is 9.47 Å². The maximum Gasteiger partial charge on any atom is 0.310 e. The fraction of sp³-hybridized carbons (Fsp3) is 0.885. The van der Waals surface area contributed by atoms with Gasteiger partial charge in [-0.2, -0.15) is 0 Å². The molecule has 6 nitrogen and oxygen atoms in total. The highest BCUT2D eigenvalue weighted by molar-refractivity contribution is 5.72. The van der Waals surface area contributed by atoms with Crippen LogP contribution < -0.4 is 0 Å². The number of aliphatic hydroxyl groups is 2. The van der Waals surface area contributed by atoms with Crippen molar-refractivity contribution in [2.45, 2.75) is 89.6 Å². The molecule has 0 aromatic heterocycles. The fourth-order valence-corrected chi connectivity index (χ4v) is 9.57. The molecule has 180 valence electrons. The minimum atomic E-state index is -1.30. The second-order valence-electron chi connectivity index (χ2n) is 12.0. The number of carbonyl (C=O) groups is 1. The zero-order valence-electron chi connectivity index (χ0n) is 19.8. The van der Waals surface area contributed by atoms with Crippen LogP contribution in [0.3, 0.4) is 0 Å². The molecule has 1 saturated heterocycles. The van der Waals surface area contributed by atoms with Crippen LogP contribution >= 0.6 is 0 Å². The van der Waals surface area contributed by atoms with Gasteiger partial charge in [0.2, 0.25) is 0 Å². The van der Waals surface area contributed by atoms with Gasteiger partial charge >= 0.3 is 5.97 Å². The van der Waals surface area contributed by atoms with Crippen LogP contribution in [0.2, 0.25) is 0 Å². The number of aliphatic hydroxyl groups excluding tert-OH is 1. The van der Waals surface area contributed by atoms with Crippen molar-refractivity contribution >= 4 is 5.97 Å². The first-order chi connectivity index (χ1) is 15.1. The van der Waals surface area contributed by atoms with Crippen molar-refractivity contribution in [3.05, 3.63) is 12.7 Å². The first-order valence-electron chi connectivity index (χ1n) is 12.6. The van der Waals surface area contributed by atoms with Gasteiger partial charge in [0.15, 0.2) is 12.6 Å². The number of ether oxygens (including phenoxy) is 2. The molecule has 10 atom stereocenters. The zero-order chi connectivity index (χ0) is 23.1. The van der Waals surface area contributed by atoms with Gasteiger partial charge in [-0.15, -0.1) is 6.58 Å². The molecule has 0 aromatic carbocycles. The lowest BCUT2D eigenvalue weighted by molar-refractivity contribution is -0.438. The molecule has 5 rings (SSSR count). The van der Waals surface area contributed by atoms with Crippen LogP contribution in [0, 0.1) is 46.3 Å². The van der Waals surface area contributed by atoms with Crippen molar-refractivity contribution in [1.82, 2.24) is 0 Å². The Hall–Kier alpha value is -0.950. The van der Waals surface area contributed by atoms with Gasteiger partial charge in [0.25, 0.3) is 0 Å². The van der Waals surface area contributed by atoms with E-state index < -0.39 is 40.7 Å². The molecule has 5 aliphatic rings. The number of hydrogen-bond donors (Lipinski definition) is 3. The normalized spacial score (nSPS) is 52.3. The summed E-state index contributed by atoms with van der Waals surface area (Å²) in [6.07, 6.45) is 7.38. The first kappa shape index (κ1) is 22.8. The quantitative estimate of drug-likeness (QED) is 0.564. The Morgan fingerprint density at radius 2 is 1.97 bits per heavy atom. The SMILES string of the molecule is C=CC(C(=O)O)[C@@H]1C[C@@H]2[C@H]([C@@H](O)C[C@]3(C)[C@@H](CC)CC[C@@H]23)[C@@]2(C)CCC3(C[C@]12O)OCO3. The largest absolute Gasteiger partial charge is 0.481 e. The Morgan fingerprint density at radius 3 is 2.53 bits per heavy atom. The average Bonchev–Trinajstić information content (AvgIpc) is 3.03. The Labute approximate surface area is 191 Å². The number of carboxylic acids is 1. The van der Waals surface area contributed by atoms with Crippen LogP contribution in [0.4, 0.5) is 0 Å². The van der Waals surface area contributed by atoms with E-state index >= 15 is 0 Å². The molecule has 1 unspecified atom stereocenters. The van der Waals surface area contributed by atoms with Crippen LogP contribution in [-0.4, -0.2) is 45.6 Å². The predicted octanol–water partition coefficient (Wildman–Crippen LogP) is 3.95. The summed E-state index contributed by atoms with van der Waals surface area (Å²) in [5.41, 5.74) is -1.83. The van der Waals surface area contributed by atoms with E-state index in [-0.39, 0.29) is 30.5 Å². The van der Waals surface area contributed by atoms with Gasteiger partial charge in [-0.05, 0) is 61.2 Å². The van der Waals surface area contributed by atoms with Gasteiger partial charge in [-0.3, -0.25) is 4.79 Å². The van der Waals surface area contributed by atoms with Gasteiger partial charge < -0.3 is 24.8 Å². The topological polar surface area (TPSA) is 96.2 Å². The van der Waals surface area contributed by atoms with Gasteiger partial charge in [0.1, 0.15) is 0 Å². The summed E-state index contributed by atoms with van der Waals surface area (Å²) in [4.78, 5) is 12.3. The molecular weight excluding hydrogens is 408 g/mol. The molecule has 0 aromatic rings. The van der Waals surface area contributed by atoms with Crippen LogP contribution in [0.25, 0.3) is 0 Å². The van der Waals surface area contributed by atoms with Crippen molar-refractivity contribution in [2.24, 2.45) is 46.3 Å². The van der Waals surface area contributed by atoms with E-state index in [9.17, 15) is 20.1 Å². The van der Waals surface area contributed by atoms with Crippen molar-refractivity contribution in [3.63, 3.8) is 0 Å². The van der Waals surface area contributed by atoms with Crippen LogP contribution in [0.1, 0.15) is 72.1 Å². The fourth-order valence-electron chi connectivity index (χ4n) is 9.57. The monoisotopic (exact) mass is 448 g/mol. The van der Waals surface area contributed by atoms with E-state index in [1.165, 1.54) is 12.5 Å². The summed E-state index contributed by atoms with van der Waals surface area (Å²) in [7, 11) is 0. The summed E-state index contributed by atoms with van der Waals surface area (Å²) in [5, 5.41) is 34.2. The number of rotatable bonds is 4. The van der Waals surface area contributed by atoms with Gasteiger partial charge in [-0.25, -0.2) is 0 Å². The lowest BCUT2D eigenvalue weighted by Crippen LogP contribution is -2.73. The molecule has 4 saturated carbocycles. The second kappa shape index (κ2) is 7.27. The molecule has 0 amide bonds. The maximum atomic E-state index is 12.4. The Kier molecular flexibility index (Phi) is 5.19. The predicted molar refractivity (Wildman–Crippen MR) is 118 cm³/mol. The molecule has 32 heavy (non-hydrogen) atoms. The third-order valence-electron chi connectivity index (χ3n) is 11.2. The lowest BCUT2D eigenvalue weighted by atomic mass is 9.39. The van der Waals surface area contributed by atoms with Crippen LogP contribution in [0.15, 0.2) is 12.7 Å². The second-order valence-corrected chi connectivity index (χ2v) is 12.0. The Balaban J connectivity index is 1.61. The number of aliphatic carboxylic acids is 1. The van der Waals surface area contributed by atoms with E-state index in [2.05, 4.69) is 27.4 Å². The summed E-state index contributed by atoms with van der Waals surface area (Å²) in [6, 6.07) is 0.